The quantitative estimate of drug-likeness (QED) is 0.887. The van der Waals surface area contributed by atoms with Crippen molar-refractivity contribution < 1.29 is 9.59 Å². The molecule has 2 amide bonds. The van der Waals surface area contributed by atoms with E-state index in [1.807, 2.05) is 33.8 Å². The SMILES string of the molecule is Cc1cc(C(=O)Nc2cccc(NC(=O)C(C)C)c2)sc1C. The third-order valence-corrected chi connectivity index (χ3v) is 4.45. The van der Waals surface area contributed by atoms with E-state index >= 15 is 0 Å². The topological polar surface area (TPSA) is 58.2 Å². The van der Waals surface area contributed by atoms with E-state index in [-0.39, 0.29) is 17.7 Å². The zero-order chi connectivity index (χ0) is 16.3. The van der Waals surface area contributed by atoms with Gasteiger partial charge in [-0.3, -0.25) is 9.59 Å². The number of hydrogen-bond donors (Lipinski definition) is 2. The van der Waals surface area contributed by atoms with Crippen LogP contribution in [0.15, 0.2) is 30.3 Å². The predicted molar refractivity (Wildman–Crippen MR) is 91.7 cm³/mol. The third-order valence-electron chi connectivity index (χ3n) is 3.30. The molecular weight excluding hydrogens is 296 g/mol. The van der Waals surface area contributed by atoms with Gasteiger partial charge < -0.3 is 10.6 Å². The molecule has 116 valence electrons. The highest BCUT2D eigenvalue weighted by Gasteiger charge is 2.12. The van der Waals surface area contributed by atoms with Crippen molar-refractivity contribution in [2.24, 2.45) is 5.92 Å². The molecule has 0 fully saturated rings. The van der Waals surface area contributed by atoms with Crippen LogP contribution in [0.4, 0.5) is 11.4 Å². The predicted octanol–water partition coefficient (Wildman–Crippen LogP) is 4.21. The van der Waals surface area contributed by atoms with Crippen molar-refractivity contribution in [1.29, 1.82) is 0 Å². The number of carbonyl (C=O) groups is 2. The van der Waals surface area contributed by atoms with Gasteiger partial charge in [0.05, 0.1) is 4.88 Å². The van der Waals surface area contributed by atoms with Crippen LogP contribution >= 0.6 is 11.3 Å². The highest BCUT2D eigenvalue weighted by atomic mass is 32.1. The number of aryl methyl sites for hydroxylation is 2. The largest absolute Gasteiger partial charge is 0.326 e. The number of anilines is 2. The lowest BCUT2D eigenvalue weighted by Gasteiger charge is -2.09. The molecule has 2 aromatic rings. The van der Waals surface area contributed by atoms with Crippen molar-refractivity contribution in [3.63, 3.8) is 0 Å². The Morgan fingerprint density at radius 1 is 1.05 bits per heavy atom. The Bertz CT molecular complexity index is 685. The van der Waals surface area contributed by atoms with E-state index in [0.717, 1.165) is 10.4 Å². The molecule has 0 saturated carbocycles. The number of rotatable bonds is 4. The Morgan fingerprint density at radius 2 is 1.68 bits per heavy atom. The van der Waals surface area contributed by atoms with Crippen molar-refractivity contribution in [3.8, 4) is 0 Å². The highest BCUT2D eigenvalue weighted by Crippen LogP contribution is 2.22. The van der Waals surface area contributed by atoms with Gasteiger partial charge >= 0.3 is 0 Å². The molecule has 0 aliphatic carbocycles. The molecule has 0 aliphatic heterocycles. The molecule has 0 spiro atoms. The number of carbonyl (C=O) groups excluding carboxylic acids is 2. The number of thiophene rings is 1. The minimum absolute atomic E-state index is 0.0482. The van der Waals surface area contributed by atoms with Crippen LogP contribution in [-0.2, 0) is 4.79 Å². The zero-order valence-corrected chi connectivity index (χ0v) is 14.0. The van der Waals surface area contributed by atoms with Crippen molar-refractivity contribution in [2.75, 3.05) is 10.6 Å². The van der Waals surface area contributed by atoms with Gasteiger partial charge in [-0.25, -0.2) is 0 Å². The molecule has 4 nitrogen and oxygen atoms in total. The van der Waals surface area contributed by atoms with E-state index in [0.29, 0.717) is 16.3 Å². The molecule has 1 aromatic carbocycles. The van der Waals surface area contributed by atoms with Crippen LogP contribution in [0.25, 0.3) is 0 Å². The van der Waals surface area contributed by atoms with E-state index in [1.54, 1.807) is 24.3 Å². The van der Waals surface area contributed by atoms with Crippen LogP contribution in [0.1, 0.15) is 34.0 Å². The lowest BCUT2D eigenvalue weighted by molar-refractivity contribution is -0.118. The average Bonchev–Trinajstić information content (AvgIpc) is 2.79. The smallest absolute Gasteiger partial charge is 0.265 e. The van der Waals surface area contributed by atoms with Gasteiger partial charge in [0.2, 0.25) is 5.91 Å². The molecule has 0 atom stereocenters. The van der Waals surface area contributed by atoms with E-state index < -0.39 is 0 Å². The summed E-state index contributed by atoms with van der Waals surface area (Å²) in [6, 6.07) is 9.05. The summed E-state index contributed by atoms with van der Waals surface area (Å²) in [6.07, 6.45) is 0. The summed E-state index contributed by atoms with van der Waals surface area (Å²) < 4.78 is 0. The van der Waals surface area contributed by atoms with E-state index in [2.05, 4.69) is 10.6 Å². The van der Waals surface area contributed by atoms with Crippen molar-refractivity contribution >= 4 is 34.5 Å². The summed E-state index contributed by atoms with van der Waals surface area (Å²) in [6.45, 7) is 7.66. The molecule has 22 heavy (non-hydrogen) atoms. The van der Waals surface area contributed by atoms with Gasteiger partial charge in [-0.05, 0) is 43.7 Å². The minimum Gasteiger partial charge on any atom is -0.326 e. The first-order valence-corrected chi connectivity index (χ1v) is 7.98. The summed E-state index contributed by atoms with van der Waals surface area (Å²) in [7, 11) is 0. The van der Waals surface area contributed by atoms with Crippen LogP contribution < -0.4 is 10.6 Å². The van der Waals surface area contributed by atoms with Gasteiger partial charge in [0.1, 0.15) is 0 Å². The molecule has 5 heteroatoms. The molecule has 0 radical (unpaired) electrons. The summed E-state index contributed by atoms with van der Waals surface area (Å²) in [5, 5.41) is 5.68. The van der Waals surface area contributed by atoms with Crippen molar-refractivity contribution in [1.82, 2.24) is 0 Å². The number of nitrogens with one attached hydrogen (secondary N) is 2. The van der Waals surface area contributed by atoms with Gasteiger partial charge in [-0.15, -0.1) is 11.3 Å². The van der Waals surface area contributed by atoms with E-state index in [1.165, 1.54) is 11.3 Å². The van der Waals surface area contributed by atoms with Crippen LogP contribution in [-0.4, -0.2) is 11.8 Å². The fraction of sp³-hybridized carbons (Fsp3) is 0.294. The second-order valence-electron chi connectivity index (χ2n) is 5.53. The lowest BCUT2D eigenvalue weighted by Crippen LogP contribution is -2.18. The Morgan fingerprint density at radius 3 is 2.23 bits per heavy atom. The van der Waals surface area contributed by atoms with E-state index in [4.69, 9.17) is 0 Å². The first kappa shape index (κ1) is 16.2. The van der Waals surface area contributed by atoms with Crippen LogP contribution in [0.2, 0.25) is 0 Å². The fourth-order valence-electron chi connectivity index (χ4n) is 1.84. The summed E-state index contributed by atoms with van der Waals surface area (Å²) in [5.41, 5.74) is 2.46. The Hall–Kier alpha value is -2.14. The molecule has 0 unspecified atom stereocenters. The second-order valence-corrected chi connectivity index (χ2v) is 6.79. The van der Waals surface area contributed by atoms with Gasteiger partial charge in [0, 0.05) is 22.2 Å². The Kier molecular flexibility index (Phi) is 4.98. The standard InChI is InChI=1S/C17H20N2O2S/c1-10(2)16(20)18-13-6-5-7-14(9-13)19-17(21)15-8-11(3)12(4)22-15/h5-10H,1-4H3,(H,18,20)(H,19,21). The average molecular weight is 316 g/mol. The number of amides is 2. The molecule has 2 N–H and O–H groups in total. The van der Waals surface area contributed by atoms with Crippen molar-refractivity contribution in [3.05, 3.63) is 45.6 Å². The van der Waals surface area contributed by atoms with Crippen molar-refractivity contribution in [2.45, 2.75) is 27.7 Å². The molecule has 0 aliphatic rings. The maximum Gasteiger partial charge on any atom is 0.265 e. The first-order valence-electron chi connectivity index (χ1n) is 7.16. The molecule has 2 rings (SSSR count). The highest BCUT2D eigenvalue weighted by molar-refractivity contribution is 7.14. The van der Waals surface area contributed by atoms with Crippen LogP contribution in [0.3, 0.4) is 0 Å². The summed E-state index contributed by atoms with van der Waals surface area (Å²) >= 11 is 1.48. The van der Waals surface area contributed by atoms with Gasteiger partial charge in [-0.1, -0.05) is 19.9 Å². The summed E-state index contributed by atoms with van der Waals surface area (Å²) in [5.74, 6) is -0.267. The zero-order valence-electron chi connectivity index (χ0n) is 13.2. The Labute approximate surface area is 134 Å². The minimum atomic E-state index is -0.131. The normalized spacial score (nSPS) is 10.6. The van der Waals surface area contributed by atoms with Crippen LogP contribution in [0, 0.1) is 19.8 Å². The monoisotopic (exact) mass is 316 g/mol. The third kappa shape index (κ3) is 3.95. The fourth-order valence-corrected chi connectivity index (χ4v) is 2.77. The molecule has 1 heterocycles. The Balaban J connectivity index is 2.10. The number of benzene rings is 1. The van der Waals surface area contributed by atoms with Gasteiger partial charge in [-0.2, -0.15) is 0 Å². The first-order chi connectivity index (χ1) is 10.4. The maximum atomic E-state index is 12.2. The summed E-state index contributed by atoms with van der Waals surface area (Å²) in [4.78, 5) is 25.8. The van der Waals surface area contributed by atoms with Gasteiger partial charge in [0.15, 0.2) is 0 Å². The second kappa shape index (κ2) is 6.75. The number of hydrogen-bond acceptors (Lipinski definition) is 3. The van der Waals surface area contributed by atoms with E-state index in [9.17, 15) is 9.59 Å². The van der Waals surface area contributed by atoms with Crippen LogP contribution in [0.5, 0.6) is 0 Å². The molecule has 1 aromatic heterocycles. The molecule has 0 bridgehead atoms. The lowest BCUT2D eigenvalue weighted by atomic mass is 10.2. The maximum absolute atomic E-state index is 12.2. The molecule has 0 saturated heterocycles. The van der Waals surface area contributed by atoms with Gasteiger partial charge in [0.25, 0.3) is 5.91 Å². The molecular formula is C17H20N2O2S.